The first-order valence-electron chi connectivity index (χ1n) is 10.9. The maximum Gasteiger partial charge on any atom is 0.242 e. The number of benzene rings is 2. The fourth-order valence-corrected chi connectivity index (χ4v) is 4.70. The molecule has 0 aliphatic heterocycles. The van der Waals surface area contributed by atoms with Crippen molar-refractivity contribution >= 4 is 27.5 Å². The van der Waals surface area contributed by atoms with Crippen molar-refractivity contribution in [1.82, 2.24) is 10.2 Å². The van der Waals surface area contributed by atoms with Crippen LogP contribution in [0.25, 0.3) is 0 Å². The molecule has 0 aromatic heterocycles. The highest BCUT2D eigenvalue weighted by atomic mass is 32.2. The lowest BCUT2D eigenvalue weighted by Gasteiger charge is -2.31. The summed E-state index contributed by atoms with van der Waals surface area (Å²) in [5.74, 6) is -1.18. The number of carbonyl (C=O) groups excluding carboxylic acids is 2. The Morgan fingerprint density at radius 3 is 2.39 bits per heavy atom. The largest absolute Gasteiger partial charge is 0.357 e. The molecule has 0 saturated heterocycles. The lowest BCUT2D eigenvalue weighted by atomic mass is 10.1. The summed E-state index contributed by atoms with van der Waals surface area (Å²) in [4.78, 5) is 27.2. The van der Waals surface area contributed by atoms with Gasteiger partial charge in [-0.25, -0.2) is 12.8 Å². The van der Waals surface area contributed by atoms with Gasteiger partial charge in [0.2, 0.25) is 21.8 Å². The van der Waals surface area contributed by atoms with Crippen LogP contribution in [-0.2, 0) is 26.2 Å². The first kappa shape index (κ1) is 26.3. The molecule has 2 amide bonds. The van der Waals surface area contributed by atoms with Gasteiger partial charge in [-0.3, -0.25) is 13.9 Å². The maximum absolute atomic E-state index is 14.2. The standard InChI is InChI=1S/C24H32FN3O4S/c1-5-21(24(30)26-3)27(17-19-11-8-10-18(2)16-19)23(29)14-9-15-28(33(4,31)32)22-13-7-6-12-20(22)25/h6-8,10-13,16,21H,5,9,14-15,17H2,1-4H3,(H,26,30)/t21-/m0/s1. The van der Waals surface area contributed by atoms with Crippen LogP contribution in [0.3, 0.4) is 0 Å². The predicted octanol–water partition coefficient (Wildman–Crippen LogP) is 3.23. The van der Waals surface area contributed by atoms with Crippen molar-refractivity contribution in [2.45, 2.75) is 45.7 Å². The van der Waals surface area contributed by atoms with Gasteiger partial charge >= 0.3 is 0 Å². The molecule has 0 unspecified atom stereocenters. The Balaban J connectivity index is 2.20. The average Bonchev–Trinajstić information content (AvgIpc) is 2.76. The number of anilines is 1. The number of halogens is 1. The summed E-state index contributed by atoms with van der Waals surface area (Å²) in [6.45, 7) is 3.99. The summed E-state index contributed by atoms with van der Waals surface area (Å²) in [5, 5.41) is 2.61. The normalized spacial score (nSPS) is 12.2. The van der Waals surface area contributed by atoms with Crippen molar-refractivity contribution in [1.29, 1.82) is 0 Å². The number of carbonyl (C=O) groups is 2. The van der Waals surface area contributed by atoms with E-state index in [-0.39, 0.29) is 43.4 Å². The Kier molecular flexibility index (Phi) is 9.40. The zero-order valence-corrected chi connectivity index (χ0v) is 20.4. The Hall–Kier alpha value is -2.94. The zero-order valence-electron chi connectivity index (χ0n) is 19.5. The number of rotatable bonds is 11. The molecule has 0 spiro atoms. The van der Waals surface area contributed by atoms with E-state index in [1.165, 1.54) is 30.1 Å². The molecule has 33 heavy (non-hydrogen) atoms. The van der Waals surface area contributed by atoms with E-state index in [0.717, 1.165) is 21.7 Å². The second kappa shape index (κ2) is 11.8. The summed E-state index contributed by atoms with van der Waals surface area (Å²) in [6.07, 6.45) is 1.63. The smallest absolute Gasteiger partial charge is 0.242 e. The van der Waals surface area contributed by atoms with E-state index in [2.05, 4.69) is 5.32 Å². The van der Waals surface area contributed by atoms with E-state index in [9.17, 15) is 22.4 Å². The molecule has 0 aliphatic carbocycles. The summed E-state index contributed by atoms with van der Waals surface area (Å²) in [6, 6.07) is 12.7. The fourth-order valence-electron chi connectivity index (χ4n) is 3.73. The summed E-state index contributed by atoms with van der Waals surface area (Å²) >= 11 is 0. The van der Waals surface area contributed by atoms with E-state index in [4.69, 9.17) is 0 Å². The molecular weight excluding hydrogens is 445 g/mol. The van der Waals surface area contributed by atoms with Gasteiger partial charge in [-0.1, -0.05) is 48.9 Å². The predicted molar refractivity (Wildman–Crippen MR) is 128 cm³/mol. The molecule has 0 aliphatic rings. The number of likely N-dealkylation sites (N-methyl/N-ethyl adjacent to an activating group) is 1. The van der Waals surface area contributed by atoms with Crippen molar-refractivity contribution in [3.05, 3.63) is 65.5 Å². The number of aryl methyl sites for hydroxylation is 1. The van der Waals surface area contributed by atoms with Crippen molar-refractivity contribution in [2.75, 3.05) is 24.2 Å². The van der Waals surface area contributed by atoms with E-state index >= 15 is 0 Å². The number of nitrogens with one attached hydrogen (secondary N) is 1. The maximum atomic E-state index is 14.2. The van der Waals surface area contributed by atoms with E-state index < -0.39 is 21.9 Å². The van der Waals surface area contributed by atoms with Gasteiger partial charge in [0.1, 0.15) is 11.9 Å². The van der Waals surface area contributed by atoms with Gasteiger partial charge < -0.3 is 10.2 Å². The molecule has 0 saturated carbocycles. The number of nitrogens with zero attached hydrogens (tertiary/aromatic N) is 2. The molecule has 1 N–H and O–H groups in total. The monoisotopic (exact) mass is 477 g/mol. The van der Waals surface area contributed by atoms with Crippen LogP contribution in [0.15, 0.2) is 48.5 Å². The van der Waals surface area contributed by atoms with E-state index in [1.54, 1.807) is 6.07 Å². The minimum atomic E-state index is -3.75. The molecule has 7 nitrogen and oxygen atoms in total. The third-order valence-corrected chi connectivity index (χ3v) is 6.52. The molecule has 2 aromatic rings. The number of para-hydroxylation sites is 1. The second-order valence-corrected chi connectivity index (χ2v) is 9.85. The summed E-state index contributed by atoms with van der Waals surface area (Å²) in [7, 11) is -2.22. The number of sulfonamides is 1. The highest BCUT2D eigenvalue weighted by molar-refractivity contribution is 7.92. The molecule has 180 valence electrons. The van der Waals surface area contributed by atoms with Crippen molar-refractivity contribution in [2.24, 2.45) is 0 Å². The molecule has 9 heteroatoms. The zero-order chi connectivity index (χ0) is 24.6. The van der Waals surface area contributed by atoms with Gasteiger partial charge in [-0.2, -0.15) is 0 Å². The van der Waals surface area contributed by atoms with Crippen LogP contribution in [0, 0.1) is 12.7 Å². The molecule has 2 rings (SSSR count). The van der Waals surface area contributed by atoms with Gasteiger partial charge in [0.15, 0.2) is 0 Å². The topological polar surface area (TPSA) is 86.8 Å². The van der Waals surface area contributed by atoms with E-state index in [0.29, 0.717) is 6.42 Å². The van der Waals surface area contributed by atoms with E-state index in [1.807, 2.05) is 38.1 Å². The highest BCUT2D eigenvalue weighted by Crippen LogP contribution is 2.22. The van der Waals surface area contributed by atoms with Gasteiger partial charge in [0.05, 0.1) is 11.9 Å². The first-order chi connectivity index (χ1) is 15.6. The Morgan fingerprint density at radius 2 is 1.82 bits per heavy atom. The lowest BCUT2D eigenvalue weighted by Crippen LogP contribution is -2.48. The Bertz CT molecular complexity index is 1070. The van der Waals surface area contributed by atoms with Gasteiger partial charge in [0.25, 0.3) is 0 Å². The average molecular weight is 478 g/mol. The lowest BCUT2D eigenvalue weighted by molar-refractivity contribution is -0.141. The minimum absolute atomic E-state index is 0.0137. The quantitative estimate of drug-likeness (QED) is 0.538. The van der Waals surface area contributed by atoms with Crippen molar-refractivity contribution in [3.63, 3.8) is 0 Å². The highest BCUT2D eigenvalue weighted by Gasteiger charge is 2.28. The molecule has 0 radical (unpaired) electrons. The third-order valence-electron chi connectivity index (χ3n) is 5.34. The van der Waals surface area contributed by atoms with Crippen LogP contribution in [0.1, 0.15) is 37.3 Å². The summed E-state index contributed by atoms with van der Waals surface area (Å²) in [5.41, 5.74) is 1.89. The Labute approximate surface area is 195 Å². The van der Waals surface area contributed by atoms with Gasteiger partial charge in [0, 0.05) is 26.6 Å². The summed E-state index contributed by atoms with van der Waals surface area (Å²) < 4.78 is 39.7. The number of hydrogen-bond acceptors (Lipinski definition) is 4. The molecule has 2 aromatic carbocycles. The first-order valence-corrected chi connectivity index (χ1v) is 12.7. The van der Waals surface area contributed by atoms with Crippen molar-refractivity contribution in [3.8, 4) is 0 Å². The van der Waals surface area contributed by atoms with Gasteiger partial charge in [-0.05, 0) is 37.5 Å². The van der Waals surface area contributed by atoms with Crippen LogP contribution < -0.4 is 9.62 Å². The molecule has 0 fully saturated rings. The fraction of sp³-hybridized carbons (Fsp3) is 0.417. The Morgan fingerprint density at radius 1 is 1.12 bits per heavy atom. The SMILES string of the molecule is CC[C@@H](C(=O)NC)N(Cc1cccc(C)c1)C(=O)CCCN(c1ccccc1F)S(C)(=O)=O. The molecule has 0 bridgehead atoms. The third kappa shape index (κ3) is 7.28. The van der Waals surface area contributed by atoms with Crippen LogP contribution in [-0.4, -0.2) is 51.0 Å². The second-order valence-electron chi connectivity index (χ2n) is 7.94. The van der Waals surface area contributed by atoms with Crippen molar-refractivity contribution < 1.29 is 22.4 Å². The molecule has 1 atom stereocenters. The van der Waals surface area contributed by atoms with Gasteiger partial charge in [-0.15, -0.1) is 0 Å². The van der Waals surface area contributed by atoms with Crippen LogP contribution in [0.4, 0.5) is 10.1 Å². The van der Waals surface area contributed by atoms with Crippen LogP contribution in [0.2, 0.25) is 0 Å². The van der Waals surface area contributed by atoms with Crippen LogP contribution >= 0.6 is 0 Å². The number of hydrogen-bond donors (Lipinski definition) is 1. The molecule has 0 heterocycles. The minimum Gasteiger partial charge on any atom is -0.357 e. The molecular formula is C24H32FN3O4S. The van der Waals surface area contributed by atoms with Crippen LogP contribution in [0.5, 0.6) is 0 Å². The number of amides is 2.